The third kappa shape index (κ3) is 4.70. The summed E-state index contributed by atoms with van der Waals surface area (Å²) in [4.78, 5) is 28.9. The lowest BCUT2D eigenvalue weighted by Crippen LogP contribution is -2.57. The van der Waals surface area contributed by atoms with Gasteiger partial charge in [-0.1, -0.05) is 19.9 Å². The normalized spacial score (nSPS) is 28.9. The van der Waals surface area contributed by atoms with Crippen LogP contribution in [0.5, 0.6) is 5.75 Å². The fraction of sp³-hybridized carbons (Fsp3) is 0.704. The molecule has 3 atom stereocenters. The van der Waals surface area contributed by atoms with E-state index in [0.29, 0.717) is 25.3 Å². The van der Waals surface area contributed by atoms with Crippen molar-refractivity contribution < 1.29 is 22.7 Å². The molecule has 4 aliphatic heterocycles. The highest BCUT2D eigenvalue weighted by Gasteiger charge is 2.46. The summed E-state index contributed by atoms with van der Waals surface area (Å²) in [6.45, 7) is 6.36. The number of likely N-dealkylation sites (tertiary alicyclic amines) is 1. The lowest BCUT2D eigenvalue weighted by Gasteiger charge is -2.51. The van der Waals surface area contributed by atoms with Crippen molar-refractivity contribution in [2.75, 3.05) is 39.0 Å². The van der Waals surface area contributed by atoms with Gasteiger partial charge < -0.3 is 4.74 Å². The van der Waals surface area contributed by atoms with Crippen LogP contribution in [0.3, 0.4) is 0 Å². The van der Waals surface area contributed by atoms with Crippen molar-refractivity contribution in [3.63, 3.8) is 0 Å². The fourth-order valence-corrected chi connectivity index (χ4v) is 8.56. The Balaban J connectivity index is 1.28. The van der Waals surface area contributed by atoms with Crippen molar-refractivity contribution in [1.29, 1.82) is 0 Å². The molecule has 36 heavy (non-hydrogen) atoms. The van der Waals surface area contributed by atoms with Gasteiger partial charge >= 0.3 is 0 Å². The topological polar surface area (TPSA) is 87.2 Å². The first-order valence-corrected chi connectivity index (χ1v) is 15.0. The Morgan fingerprint density at radius 3 is 2.72 bits per heavy atom. The van der Waals surface area contributed by atoms with Crippen LogP contribution in [-0.2, 0) is 26.0 Å². The van der Waals surface area contributed by atoms with Gasteiger partial charge in [-0.05, 0) is 67.7 Å². The zero-order valence-electron chi connectivity index (χ0n) is 21.7. The van der Waals surface area contributed by atoms with Gasteiger partial charge in [0, 0.05) is 50.1 Å². The summed E-state index contributed by atoms with van der Waals surface area (Å²) in [6, 6.07) is 6.51. The van der Waals surface area contributed by atoms with Crippen molar-refractivity contribution in [2.45, 2.75) is 70.9 Å². The summed E-state index contributed by atoms with van der Waals surface area (Å²) in [5.74, 6) is 0.807. The van der Waals surface area contributed by atoms with Gasteiger partial charge in [-0.15, -0.1) is 0 Å². The summed E-state index contributed by atoms with van der Waals surface area (Å²) in [5, 5.41) is 0. The average Bonchev–Trinajstić information content (AvgIpc) is 2.86. The number of hydrogen-bond donors (Lipinski definition) is 0. The predicted molar refractivity (Wildman–Crippen MR) is 137 cm³/mol. The number of nitrogens with zero attached hydrogens (tertiary/aromatic N) is 3. The number of carbonyl (C=O) groups excluding carboxylic acids is 2. The predicted octanol–water partition coefficient (Wildman–Crippen LogP) is 2.97. The monoisotopic (exact) mass is 517 g/mol. The number of hydrogen-bond acceptors (Lipinski definition) is 6. The minimum absolute atomic E-state index is 0.00441. The quantitative estimate of drug-likeness (QED) is 0.539. The van der Waals surface area contributed by atoms with E-state index >= 15 is 0 Å². The van der Waals surface area contributed by atoms with Crippen LogP contribution in [0.4, 0.5) is 0 Å². The van der Waals surface area contributed by atoms with Crippen LogP contribution in [0.2, 0.25) is 0 Å². The van der Waals surface area contributed by atoms with Crippen LogP contribution in [0.25, 0.3) is 0 Å². The van der Waals surface area contributed by atoms with Crippen molar-refractivity contribution in [2.24, 2.45) is 11.3 Å². The Morgan fingerprint density at radius 1 is 1.14 bits per heavy atom. The smallest absolute Gasteiger partial charge is 0.234 e. The van der Waals surface area contributed by atoms with E-state index in [2.05, 4.69) is 17.0 Å². The Labute approximate surface area is 215 Å². The zero-order valence-corrected chi connectivity index (χ0v) is 22.6. The molecular formula is C27H39N3O5S. The molecule has 1 aromatic carbocycles. The van der Waals surface area contributed by atoms with Crippen LogP contribution in [0.15, 0.2) is 18.2 Å². The van der Waals surface area contributed by atoms with Gasteiger partial charge in [0.2, 0.25) is 21.8 Å². The molecule has 0 radical (unpaired) electrons. The fourth-order valence-electron chi connectivity index (χ4n) is 6.75. The van der Waals surface area contributed by atoms with Crippen molar-refractivity contribution in [1.82, 2.24) is 14.1 Å². The minimum atomic E-state index is -3.50. The number of piperidine rings is 3. The highest BCUT2D eigenvalue weighted by molar-refractivity contribution is 7.89. The van der Waals surface area contributed by atoms with Crippen molar-refractivity contribution in [3.05, 3.63) is 29.3 Å². The molecule has 0 saturated carbocycles. The number of carbonyl (C=O) groups is 2. The molecule has 0 aromatic heterocycles. The molecule has 1 aromatic rings. The van der Waals surface area contributed by atoms with E-state index in [-0.39, 0.29) is 42.6 Å². The summed E-state index contributed by atoms with van der Waals surface area (Å²) in [6.07, 6.45) is 4.90. The second kappa shape index (κ2) is 9.72. The molecule has 0 spiro atoms. The second-order valence-corrected chi connectivity index (χ2v) is 13.6. The van der Waals surface area contributed by atoms with Crippen LogP contribution >= 0.6 is 0 Å². The summed E-state index contributed by atoms with van der Waals surface area (Å²) in [5.41, 5.74) is 2.03. The van der Waals surface area contributed by atoms with E-state index in [9.17, 15) is 18.0 Å². The molecule has 198 valence electrons. The third-order valence-electron chi connectivity index (χ3n) is 8.85. The number of amides is 2. The molecule has 2 amide bonds. The highest BCUT2D eigenvalue weighted by Crippen LogP contribution is 2.44. The summed E-state index contributed by atoms with van der Waals surface area (Å²) in [7, 11) is -1.81. The van der Waals surface area contributed by atoms with Gasteiger partial charge in [0.15, 0.2) is 0 Å². The molecule has 0 aliphatic carbocycles. The maximum absolute atomic E-state index is 13.6. The van der Waals surface area contributed by atoms with Crippen molar-refractivity contribution >= 4 is 21.8 Å². The molecule has 0 bridgehead atoms. The Morgan fingerprint density at radius 2 is 1.94 bits per heavy atom. The number of imide groups is 1. The molecule has 5 rings (SSSR count). The molecule has 0 N–H and O–H groups in total. The van der Waals surface area contributed by atoms with Crippen LogP contribution < -0.4 is 4.74 Å². The second-order valence-electron chi connectivity index (χ2n) is 11.5. The lowest BCUT2D eigenvalue weighted by atomic mass is 9.77. The van der Waals surface area contributed by atoms with E-state index in [1.807, 2.05) is 19.9 Å². The van der Waals surface area contributed by atoms with Crippen LogP contribution in [0.1, 0.15) is 69.5 Å². The van der Waals surface area contributed by atoms with Gasteiger partial charge in [-0.3, -0.25) is 19.4 Å². The first-order chi connectivity index (χ1) is 17.1. The average molecular weight is 518 g/mol. The molecule has 3 saturated heterocycles. The Hall–Kier alpha value is -1.97. The van der Waals surface area contributed by atoms with Crippen molar-refractivity contribution in [3.8, 4) is 5.75 Å². The summed E-state index contributed by atoms with van der Waals surface area (Å²) >= 11 is 0. The molecule has 8 nitrogen and oxygen atoms in total. The number of methoxy groups -OCH3 is 1. The number of sulfonamides is 1. The molecular weight excluding hydrogens is 478 g/mol. The number of benzene rings is 1. The zero-order chi connectivity index (χ0) is 25.7. The largest absolute Gasteiger partial charge is 0.497 e. The van der Waals surface area contributed by atoms with Gasteiger partial charge in [0.1, 0.15) is 5.75 Å². The summed E-state index contributed by atoms with van der Waals surface area (Å²) < 4.78 is 34.3. The highest BCUT2D eigenvalue weighted by atomic mass is 32.2. The number of ether oxygens (including phenoxy) is 1. The molecule has 0 unspecified atom stereocenters. The lowest BCUT2D eigenvalue weighted by molar-refractivity contribution is -0.156. The van der Waals surface area contributed by atoms with Gasteiger partial charge in [0.05, 0.1) is 12.9 Å². The van der Waals surface area contributed by atoms with Gasteiger partial charge in [-0.25, -0.2) is 8.42 Å². The molecule has 4 aliphatic rings. The number of rotatable bonds is 6. The van der Waals surface area contributed by atoms with E-state index in [0.717, 1.165) is 44.5 Å². The standard InChI is InChI=1S/C27H39N3O5S/c1-27(2)11-9-25(31)29(26(27)32)12-5-15-36(33,34)30-13-4-6-20-18-28-14-10-19-16-21(35-3)7-8-22(19)24(28)17-23(20)30/h7-8,16,20,23-24H,4-6,9-15,17-18H2,1-3H3/t20-,23+,24+/m1/s1. The van der Waals surface area contributed by atoms with Crippen LogP contribution in [0, 0.1) is 11.3 Å². The molecule has 4 heterocycles. The molecule has 9 heteroatoms. The SMILES string of the molecule is COc1ccc2c(c1)CCN1C[C@H]3CCCN(S(=O)(=O)CCCN4C(=O)CCC(C)(C)C4=O)[C@H]3C[C@@H]21. The van der Waals surface area contributed by atoms with E-state index in [4.69, 9.17) is 4.74 Å². The van der Waals surface area contributed by atoms with Gasteiger partial charge in [-0.2, -0.15) is 4.31 Å². The van der Waals surface area contributed by atoms with Gasteiger partial charge in [0.25, 0.3) is 0 Å². The number of fused-ring (bicyclic) bond motifs is 4. The first kappa shape index (κ1) is 25.7. The Kier molecular flexibility index (Phi) is 6.93. The van der Waals surface area contributed by atoms with E-state index in [1.54, 1.807) is 11.4 Å². The first-order valence-electron chi connectivity index (χ1n) is 13.4. The third-order valence-corrected chi connectivity index (χ3v) is 10.8. The minimum Gasteiger partial charge on any atom is -0.497 e. The van der Waals surface area contributed by atoms with E-state index in [1.165, 1.54) is 16.0 Å². The van der Waals surface area contributed by atoms with E-state index < -0.39 is 15.4 Å². The Bertz CT molecular complexity index is 1130. The maximum Gasteiger partial charge on any atom is 0.234 e. The molecule has 3 fully saturated rings. The van der Waals surface area contributed by atoms with Crippen LogP contribution in [-0.4, -0.2) is 79.4 Å². The maximum atomic E-state index is 13.6.